The van der Waals surface area contributed by atoms with Gasteiger partial charge in [-0.2, -0.15) is 0 Å². The number of thioether (sulfide) groups is 1. The van der Waals surface area contributed by atoms with Crippen LogP contribution in [-0.4, -0.2) is 84.0 Å². The molecule has 0 amide bonds. The Bertz CT molecular complexity index is 1680. The van der Waals surface area contributed by atoms with Crippen molar-refractivity contribution in [2.75, 3.05) is 68.0 Å². The summed E-state index contributed by atoms with van der Waals surface area (Å²) in [6, 6.07) is 22.4. The quantitative estimate of drug-likeness (QED) is 0.170. The third-order valence-corrected chi connectivity index (χ3v) is 10.6. The minimum atomic E-state index is -1.08. The van der Waals surface area contributed by atoms with Crippen LogP contribution < -0.4 is 14.5 Å². The smallest absolute Gasteiger partial charge is 0.215 e. The van der Waals surface area contributed by atoms with Gasteiger partial charge in [-0.25, -0.2) is 9.98 Å². The van der Waals surface area contributed by atoms with Crippen LogP contribution in [0.3, 0.4) is 0 Å². The van der Waals surface area contributed by atoms with Gasteiger partial charge in [0.05, 0.1) is 30.2 Å². The number of anilines is 2. The minimum absolute atomic E-state index is 0.285. The first-order valence-electron chi connectivity index (χ1n) is 16.5. The fourth-order valence-corrected chi connectivity index (χ4v) is 7.97. The summed E-state index contributed by atoms with van der Waals surface area (Å²) >= 11 is 14.6. The van der Waals surface area contributed by atoms with Crippen molar-refractivity contribution in [3.63, 3.8) is 0 Å². The van der Waals surface area contributed by atoms with E-state index in [1.165, 1.54) is 17.8 Å². The predicted octanol–water partition coefficient (Wildman–Crippen LogP) is 7.31. The molecule has 1 aromatic heterocycles. The van der Waals surface area contributed by atoms with E-state index in [1.807, 2.05) is 40.7 Å². The number of imidazole rings is 1. The van der Waals surface area contributed by atoms with E-state index in [9.17, 15) is 0 Å². The lowest BCUT2D eigenvalue weighted by molar-refractivity contribution is -0.189. The highest BCUT2D eigenvalue weighted by Gasteiger charge is 2.45. The molecule has 252 valence electrons. The van der Waals surface area contributed by atoms with Crippen LogP contribution in [0.5, 0.6) is 5.75 Å². The zero-order chi connectivity index (χ0) is 32.9. The lowest BCUT2D eigenvalue weighted by atomic mass is 10.1. The third kappa shape index (κ3) is 7.58. The van der Waals surface area contributed by atoms with E-state index in [0.29, 0.717) is 29.8 Å². The molecule has 3 fully saturated rings. The number of benzene rings is 3. The van der Waals surface area contributed by atoms with E-state index in [4.69, 9.17) is 42.4 Å². The standard InChI is InChI=1S/C36H40Cl2N6O3S/c1-2-42-15-3-21-48-35(42)40-28-5-7-29(8-6-28)43-17-19-44(20-18-43)30-9-11-31(12-10-30)45-23-32-24-46-36(47-32,25-41-16-14-39-26-41)33-13-4-27(37)22-34(33)38/h4-14,16,22,26,32H,2-3,15,17-21,23-25H2,1H3/b40-35-. The summed E-state index contributed by atoms with van der Waals surface area (Å²) in [6.07, 6.45) is 6.26. The normalized spacial score (nSPS) is 22.4. The van der Waals surface area contributed by atoms with Gasteiger partial charge in [-0.15, -0.1) is 0 Å². The first-order chi connectivity index (χ1) is 23.5. The lowest BCUT2D eigenvalue weighted by Gasteiger charge is -2.37. The highest BCUT2D eigenvalue weighted by atomic mass is 35.5. The van der Waals surface area contributed by atoms with Crippen molar-refractivity contribution in [1.82, 2.24) is 14.5 Å². The van der Waals surface area contributed by atoms with Gasteiger partial charge < -0.3 is 33.5 Å². The lowest BCUT2D eigenvalue weighted by Crippen LogP contribution is -2.46. The number of hydrogen-bond donors (Lipinski definition) is 0. The molecule has 3 saturated heterocycles. The number of aliphatic imine (C=N–C) groups is 1. The minimum Gasteiger partial charge on any atom is -0.491 e. The number of halogens is 2. The molecule has 0 spiro atoms. The molecular weight excluding hydrogens is 667 g/mol. The maximum atomic E-state index is 6.61. The Kier molecular flexibility index (Phi) is 10.3. The van der Waals surface area contributed by atoms with Crippen molar-refractivity contribution in [3.05, 3.63) is 101 Å². The van der Waals surface area contributed by atoms with Gasteiger partial charge in [0.2, 0.25) is 5.79 Å². The molecule has 3 aromatic carbocycles. The highest BCUT2D eigenvalue weighted by molar-refractivity contribution is 8.13. The Labute approximate surface area is 296 Å². The summed E-state index contributed by atoms with van der Waals surface area (Å²) in [6.45, 7) is 9.23. The highest BCUT2D eigenvalue weighted by Crippen LogP contribution is 2.40. The number of rotatable bonds is 10. The van der Waals surface area contributed by atoms with E-state index in [-0.39, 0.29) is 6.10 Å². The van der Waals surface area contributed by atoms with Crippen LogP contribution in [0.4, 0.5) is 17.1 Å². The number of nitrogens with zero attached hydrogens (tertiary/aromatic N) is 6. The predicted molar refractivity (Wildman–Crippen MR) is 195 cm³/mol. The van der Waals surface area contributed by atoms with Crippen molar-refractivity contribution in [1.29, 1.82) is 0 Å². The van der Waals surface area contributed by atoms with Crippen LogP contribution in [-0.2, 0) is 21.8 Å². The molecule has 9 nitrogen and oxygen atoms in total. The second-order valence-electron chi connectivity index (χ2n) is 12.1. The Morgan fingerprint density at radius 1 is 0.958 bits per heavy atom. The SMILES string of the molecule is CCN1CCCS/C1=N\c1ccc(N2CCN(c3ccc(OCC4COC(Cn5ccnc5)(c5ccc(Cl)cc5Cl)O4)cc3)CC2)cc1. The van der Waals surface area contributed by atoms with Gasteiger partial charge in [0.1, 0.15) is 18.5 Å². The monoisotopic (exact) mass is 706 g/mol. The van der Waals surface area contributed by atoms with Gasteiger partial charge in [0.15, 0.2) is 5.17 Å². The second-order valence-corrected chi connectivity index (χ2v) is 14.0. The number of amidine groups is 1. The fourth-order valence-electron chi connectivity index (χ4n) is 6.39. The third-order valence-electron chi connectivity index (χ3n) is 8.96. The average Bonchev–Trinajstić information content (AvgIpc) is 3.79. The first kappa shape index (κ1) is 33.1. The molecule has 2 atom stereocenters. The van der Waals surface area contributed by atoms with Crippen molar-refractivity contribution < 1.29 is 14.2 Å². The Hall–Kier alpha value is -3.41. The zero-order valence-electron chi connectivity index (χ0n) is 27.0. The van der Waals surface area contributed by atoms with Crippen LogP contribution >= 0.6 is 35.0 Å². The van der Waals surface area contributed by atoms with E-state index >= 15 is 0 Å². The molecule has 48 heavy (non-hydrogen) atoms. The molecule has 7 rings (SSSR count). The van der Waals surface area contributed by atoms with Crippen molar-refractivity contribution in [2.24, 2.45) is 4.99 Å². The molecule has 0 aliphatic carbocycles. The Balaban J connectivity index is 0.915. The largest absolute Gasteiger partial charge is 0.491 e. The van der Waals surface area contributed by atoms with E-state index in [1.54, 1.807) is 24.7 Å². The number of aromatic nitrogens is 2. The number of ether oxygens (including phenoxy) is 3. The first-order valence-corrected chi connectivity index (χ1v) is 18.2. The van der Waals surface area contributed by atoms with Gasteiger partial charge in [-0.1, -0.05) is 41.0 Å². The molecule has 4 aromatic rings. The van der Waals surface area contributed by atoms with Gasteiger partial charge in [0.25, 0.3) is 0 Å². The molecule has 12 heteroatoms. The summed E-state index contributed by atoms with van der Waals surface area (Å²) in [5.41, 5.74) is 4.18. The summed E-state index contributed by atoms with van der Waals surface area (Å²) in [5.74, 6) is 0.855. The van der Waals surface area contributed by atoms with Crippen LogP contribution in [0.15, 0.2) is 90.4 Å². The van der Waals surface area contributed by atoms with Gasteiger partial charge in [-0.3, -0.25) is 0 Å². The summed E-state index contributed by atoms with van der Waals surface area (Å²) in [7, 11) is 0. The average molecular weight is 708 g/mol. The van der Waals surface area contributed by atoms with E-state index < -0.39 is 5.79 Å². The maximum Gasteiger partial charge on any atom is 0.215 e. The summed E-state index contributed by atoms with van der Waals surface area (Å²) < 4.78 is 20.9. The molecule has 0 bridgehead atoms. The van der Waals surface area contributed by atoms with Gasteiger partial charge in [0, 0.05) is 79.4 Å². The van der Waals surface area contributed by atoms with E-state index in [2.05, 4.69) is 63.0 Å². The topological polar surface area (TPSA) is 67.6 Å². The Morgan fingerprint density at radius 2 is 1.69 bits per heavy atom. The van der Waals surface area contributed by atoms with Crippen LogP contribution in [0.2, 0.25) is 10.0 Å². The van der Waals surface area contributed by atoms with E-state index in [0.717, 1.165) is 67.2 Å². The van der Waals surface area contributed by atoms with Crippen molar-refractivity contribution in [3.8, 4) is 5.75 Å². The number of hydrogen-bond acceptors (Lipinski definition) is 8. The Morgan fingerprint density at radius 3 is 2.35 bits per heavy atom. The summed E-state index contributed by atoms with van der Waals surface area (Å²) in [4.78, 5) is 16.3. The molecule has 2 unspecified atom stereocenters. The molecule has 4 heterocycles. The molecule has 3 aliphatic rings. The van der Waals surface area contributed by atoms with Crippen LogP contribution in [0.1, 0.15) is 18.9 Å². The molecule has 3 aliphatic heterocycles. The zero-order valence-corrected chi connectivity index (χ0v) is 29.3. The van der Waals surface area contributed by atoms with Crippen LogP contribution in [0.25, 0.3) is 0 Å². The molecule has 0 saturated carbocycles. The van der Waals surface area contributed by atoms with Crippen molar-refractivity contribution in [2.45, 2.75) is 31.8 Å². The molecule has 0 radical (unpaired) electrons. The van der Waals surface area contributed by atoms with Gasteiger partial charge >= 0.3 is 0 Å². The molecular formula is C36H40Cl2N6O3S. The van der Waals surface area contributed by atoms with Gasteiger partial charge in [-0.05, 0) is 74.0 Å². The summed E-state index contributed by atoms with van der Waals surface area (Å²) in [5, 5.41) is 2.19. The fraction of sp³-hybridized carbons (Fsp3) is 0.389. The van der Waals surface area contributed by atoms with Crippen LogP contribution in [0, 0.1) is 0 Å². The number of piperazine rings is 1. The van der Waals surface area contributed by atoms with Crippen molar-refractivity contribution >= 4 is 57.2 Å². The maximum absolute atomic E-state index is 6.61. The molecule has 0 N–H and O–H groups in total. The second kappa shape index (κ2) is 15.0.